The molecule has 0 aliphatic carbocycles. The number of aryl methyl sites for hydroxylation is 4. The van der Waals surface area contributed by atoms with Crippen molar-refractivity contribution in [2.75, 3.05) is 32.5 Å². The zero-order valence-corrected chi connectivity index (χ0v) is 18.3. The van der Waals surface area contributed by atoms with Crippen LogP contribution in [0.4, 0.5) is 11.4 Å². The maximum Gasteiger partial charge on any atom is 0.279 e. The third-order valence-corrected chi connectivity index (χ3v) is 4.47. The molecular weight excluding hydrogens is 374 g/mol. The van der Waals surface area contributed by atoms with Gasteiger partial charge in [-0.25, -0.2) is 0 Å². The first-order valence-electron chi connectivity index (χ1n) is 9.07. The number of hydrogen-bond donors (Lipinski definition) is 1. The fourth-order valence-electron chi connectivity index (χ4n) is 3.10. The van der Waals surface area contributed by atoms with Gasteiger partial charge in [-0.2, -0.15) is 0 Å². The van der Waals surface area contributed by atoms with Crippen LogP contribution in [0.5, 0.6) is 0 Å². The third kappa shape index (κ3) is 6.66. The van der Waals surface area contributed by atoms with E-state index in [1.54, 1.807) is 0 Å². The molecule has 0 aliphatic heterocycles. The number of para-hydroxylation sites is 1. The van der Waals surface area contributed by atoms with E-state index in [4.69, 9.17) is 0 Å². The maximum absolute atomic E-state index is 12.4. The van der Waals surface area contributed by atoms with Crippen molar-refractivity contribution in [3.63, 3.8) is 0 Å². The molecule has 152 valence electrons. The highest BCUT2D eigenvalue weighted by Gasteiger charge is 2.20. The molecule has 0 saturated heterocycles. The molecule has 0 fully saturated rings. The molecule has 0 saturated carbocycles. The summed E-state index contributed by atoms with van der Waals surface area (Å²) in [6.07, 6.45) is 0. The number of nitrogens with zero attached hydrogens (tertiary/aromatic N) is 2. The summed E-state index contributed by atoms with van der Waals surface area (Å²) in [5, 5.41) is 15.4. The second kappa shape index (κ2) is 9.71. The van der Waals surface area contributed by atoms with Crippen LogP contribution in [0.25, 0.3) is 0 Å². The molecule has 6 heteroatoms. The van der Waals surface area contributed by atoms with Crippen LogP contribution >= 0.6 is 12.4 Å². The highest BCUT2D eigenvalue weighted by molar-refractivity contribution is 5.92. The molecule has 2 aromatic carbocycles. The molecule has 0 spiro atoms. The highest BCUT2D eigenvalue weighted by Crippen LogP contribution is 2.23. The molecule has 0 heterocycles. The second-order valence-corrected chi connectivity index (χ2v) is 7.86. The Kier molecular flexibility index (Phi) is 8.21. The number of aliphatic imine (C=N–C) groups is 1. The van der Waals surface area contributed by atoms with E-state index in [9.17, 15) is 9.90 Å². The summed E-state index contributed by atoms with van der Waals surface area (Å²) in [6.45, 7) is 8.22. The van der Waals surface area contributed by atoms with Crippen molar-refractivity contribution in [1.82, 2.24) is 0 Å². The highest BCUT2D eigenvalue weighted by atomic mass is 35.5. The molecule has 2 aromatic rings. The van der Waals surface area contributed by atoms with Crippen LogP contribution in [0.1, 0.15) is 22.3 Å². The Morgan fingerprint density at radius 3 is 2.18 bits per heavy atom. The first-order chi connectivity index (χ1) is 12.6. The maximum atomic E-state index is 12.4. The zero-order valence-electron chi connectivity index (χ0n) is 17.5. The van der Waals surface area contributed by atoms with E-state index in [2.05, 4.69) is 10.3 Å². The average molecular weight is 404 g/mol. The SMILES string of the molecule is Cc1ccc(NC(=O)C[N+](C)(C)CC([O-])=Nc2c(C)cccc2C)c(C)c1.Cl. The number of amides is 1. The molecule has 0 atom stereocenters. The zero-order chi connectivity index (χ0) is 20.2. The van der Waals surface area contributed by atoms with Crippen LogP contribution in [0.2, 0.25) is 0 Å². The van der Waals surface area contributed by atoms with Crippen molar-refractivity contribution in [3.8, 4) is 0 Å². The Morgan fingerprint density at radius 2 is 1.61 bits per heavy atom. The predicted octanol–water partition coefficient (Wildman–Crippen LogP) is 3.45. The molecular formula is C22H30ClN3O2. The summed E-state index contributed by atoms with van der Waals surface area (Å²) >= 11 is 0. The quantitative estimate of drug-likeness (QED) is 0.456. The molecule has 5 nitrogen and oxygen atoms in total. The van der Waals surface area contributed by atoms with E-state index in [0.717, 1.165) is 33.6 Å². The summed E-state index contributed by atoms with van der Waals surface area (Å²) in [4.78, 5) is 16.7. The van der Waals surface area contributed by atoms with Crippen molar-refractivity contribution < 1.29 is 14.4 Å². The average Bonchev–Trinajstić information content (AvgIpc) is 2.52. The number of nitrogens with one attached hydrogen (secondary N) is 1. The van der Waals surface area contributed by atoms with Crippen molar-refractivity contribution in [1.29, 1.82) is 0 Å². The largest absolute Gasteiger partial charge is 0.858 e. The standard InChI is InChI=1S/C22H29N3O2.ClH/c1-15-10-11-19(18(4)12-15)23-20(26)13-25(5,6)14-21(27)24-22-16(2)8-7-9-17(22)3;/h7-12H,13-14H2,1-6H3,(H-,23,24,26,27);1H. The summed E-state index contributed by atoms with van der Waals surface area (Å²) in [6, 6.07) is 11.7. The van der Waals surface area contributed by atoms with Gasteiger partial charge < -0.3 is 14.9 Å². The van der Waals surface area contributed by atoms with Crippen LogP contribution in [0.15, 0.2) is 41.4 Å². The Morgan fingerprint density at radius 1 is 1.00 bits per heavy atom. The monoisotopic (exact) mass is 403 g/mol. The van der Waals surface area contributed by atoms with E-state index in [-0.39, 0.29) is 41.8 Å². The lowest BCUT2D eigenvalue weighted by molar-refractivity contribution is -0.875. The molecule has 1 N–H and O–H groups in total. The topological polar surface area (TPSA) is 64.5 Å². The Balaban J connectivity index is 0.00000392. The number of carbonyl (C=O) groups is 1. The van der Waals surface area contributed by atoms with Gasteiger partial charge in [0.2, 0.25) is 0 Å². The fraction of sp³-hybridized carbons (Fsp3) is 0.364. The Labute approximate surface area is 174 Å². The number of likely N-dealkylation sites (N-methyl/N-ethyl adjacent to an activating group) is 1. The Hall–Kier alpha value is -2.37. The lowest BCUT2D eigenvalue weighted by Gasteiger charge is -2.31. The number of halogens is 1. The van der Waals surface area contributed by atoms with Crippen molar-refractivity contribution >= 4 is 35.6 Å². The smallest absolute Gasteiger partial charge is 0.279 e. The van der Waals surface area contributed by atoms with E-state index in [1.165, 1.54) is 0 Å². The third-order valence-electron chi connectivity index (χ3n) is 4.47. The molecule has 0 radical (unpaired) electrons. The van der Waals surface area contributed by atoms with Gasteiger partial charge >= 0.3 is 0 Å². The van der Waals surface area contributed by atoms with Gasteiger partial charge in [-0.15, -0.1) is 12.4 Å². The molecule has 0 unspecified atom stereocenters. The van der Waals surface area contributed by atoms with Crippen LogP contribution in [-0.4, -0.2) is 43.5 Å². The number of hydrogen-bond acceptors (Lipinski definition) is 3. The predicted molar refractivity (Wildman–Crippen MR) is 117 cm³/mol. The van der Waals surface area contributed by atoms with Gasteiger partial charge in [0.25, 0.3) is 5.91 Å². The van der Waals surface area contributed by atoms with Crippen LogP contribution < -0.4 is 10.4 Å². The number of anilines is 1. The minimum Gasteiger partial charge on any atom is -0.858 e. The summed E-state index contributed by atoms with van der Waals surface area (Å²) in [5.41, 5.74) is 5.65. The fourth-order valence-corrected chi connectivity index (χ4v) is 3.10. The molecule has 0 bridgehead atoms. The van der Waals surface area contributed by atoms with Gasteiger partial charge in [-0.05, 0) is 50.5 Å². The minimum atomic E-state index is -0.225. The molecule has 28 heavy (non-hydrogen) atoms. The van der Waals surface area contributed by atoms with Crippen LogP contribution in [0.3, 0.4) is 0 Å². The first kappa shape index (κ1) is 23.7. The number of benzene rings is 2. The Bertz CT molecular complexity index is 856. The van der Waals surface area contributed by atoms with Gasteiger partial charge in [0.15, 0.2) is 6.54 Å². The molecule has 1 amide bonds. The molecule has 0 aliphatic rings. The molecule has 2 rings (SSSR count). The second-order valence-electron chi connectivity index (χ2n) is 7.86. The van der Waals surface area contributed by atoms with Gasteiger partial charge in [0.1, 0.15) is 6.54 Å². The van der Waals surface area contributed by atoms with E-state index in [1.807, 2.05) is 78.2 Å². The number of quaternary nitrogens is 1. The van der Waals surface area contributed by atoms with E-state index >= 15 is 0 Å². The summed E-state index contributed by atoms with van der Waals surface area (Å²) in [5.74, 6) is -0.344. The van der Waals surface area contributed by atoms with Crippen molar-refractivity contribution in [3.05, 3.63) is 58.7 Å². The number of carbonyl (C=O) groups excluding carboxylic acids is 1. The first-order valence-corrected chi connectivity index (χ1v) is 9.07. The van der Waals surface area contributed by atoms with Gasteiger partial charge in [-0.1, -0.05) is 35.9 Å². The van der Waals surface area contributed by atoms with Crippen LogP contribution in [-0.2, 0) is 4.79 Å². The van der Waals surface area contributed by atoms with E-state index < -0.39 is 0 Å². The van der Waals surface area contributed by atoms with E-state index in [0.29, 0.717) is 0 Å². The van der Waals surface area contributed by atoms with Crippen molar-refractivity contribution in [2.24, 2.45) is 4.99 Å². The molecule has 0 aromatic heterocycles. The normalized spacial score (nSPS) is 11.7. The summed E-state index contributed by atoms with van der Waals surface area (Å²) < 4.78 is 0.240. The lowest BCUT2D eigenvalue weighted by atomic mass is 10.1. The van der Waals surface area contributed by atoms with Gasteiger partial charge in [0.05, 0.1) is 19.8 Å². The summed E-state index contributed by atoms with van der Waals surface area (Å²) in [7, 11) is 3.72. The van der Waals surface area contributed by atoms with Crippen LogP contribution in [0, 0.1) is 27.7 Å². The lowest BCUT2D eigenvalue weighted by Crippen LogP contribution is -2.51. The van der Waals surface area contributed by atoms with Gasteiger partial charge in [-0.3, -0.25) is 9.79 Å². The van der Waals surface area contributed by atoms with Gasteiger partial charge in [0, 0.05) is 11.6 Å². The minimum absolute atomic E-state index is 0. The number of rotatable bonds is 6. The van der Waals surface area contributed by atoms with Crippen molar-refractivity contribution in [2.45, 2.75) is 27.7 Å².